The molecule has 0 spiro atoms. The zero-order chi connectivity index (χ0) is 31.8. The average Bonchev–Trinajstić information content (AvgIpc) is 2.98. The van der Waals surface area contributed by atoms with Crippen molar-refractivity contribution >= 4 is 17.9 Å². The third-order valence-electron chi connectivity index (χ3n) is 8.04. The molecule has 0 fully saturated rings. The first-order valence-electron chi connectivity index (χ1n) is 18.4. The normalized spacial score (nSPS) is 11.9. The van der Waals surface area contributed by atoms with E-state index in [0.717, 1.165) is 70.1 Å². The molecule has 0 rings (SSSR count). The van der Waals surface area contributed by atoms with E-state index < -0.39 is 6.10 Å². The van der Waals surface area contributed by atoms with Crippen LogP contribution in [0, 0.1) is 5.92 Å². The van der Waals surface area contributed by atoms with Gasteiger partial charge in [-0.2, -0.15) is 0 Å². The van der Waals surface area contributed by atoms with Crippen LogP contribution >= 0.6 is 0 Å². The van der Waals surface area contributed by atoms with Crippen molar-refractivity contribution < 1.29 is 28.6 Å². The summed E-state index contributed by atoms with van der Waals surface area (Å²) in [5.41, 5.74) is 0. The summed E-state index contributed by atoms with van der Waals surface area (Å²) in [6.45, 7) is 8.82. The molecule has 43 heavy (non-hydrogen) atoms. The lowest BCUT2D eigenvalue weighted by atomic mass is 10.0. The summed E-state index contributed by atoms with van der Waals surface area (Å²) in [5.74, 6) is -0.0892. The Morgan fingerprint density at radius 2 is 0.767 bits per heavy atom. The highest BCUT2D eigenvalue weighted by atomic mass is 16.6. The number of hydrogen-bond donors (Lipinski definition) is 0. The van der Waals surface area contributed by atoms with Gasteiger partial charge in [0.1, 0.15) is 13.2 Å². The fourth-order valence-electron chi connectivity index (χ4n) is 5.21. The van der Waals surface area contributed by atoms with E-state index in [-0.39, 0.29) is 31.1 Å². The van der Waals surface area contributed by atoms with Gasteiger partial charge in [-0.3, -0.25) is 14.4 Å². The van der Waals surface area contributed by atoms with Crippen LogP contribution in [-0.2, 0) is 28.6 Å². The highest BCUT2D eigenvalue weighted by Gasteiger charge is 2.19. The second kappa shape index (κ2) is 31.8. The quantitative estimate of drug-likeness (QED) is 0.0428. The largest absolute Gasteiger partial charge is 0.462 e. The van der Waals surface area contributed by atoms with Crippen molar-refractivity contribution in [1.29, 1.82) is 0 Å². The van der Waals surface area contributed by atoms with Gasteiger partial charge in [-0.15, -0.1) is 0 Å². The molecule has 0 bridgehead atoms. The number of hydrogen-bond acceptors (Lipinski definition) is 6. The summed E-state index contributed by atoms with van der Waals surface area (Å²) in [4.78, 5) is 37.1. The molecule has 0 aliphatic heterocycles. The maximum absolute atomic E-state index is 12.4. The summed E-state index contributed by atoms with van der Waals surface area (Å²) < 4.78 is 16.4. The van der Waals surface area contributed by atoms with Gasteiger partial charge in [-0.25, -0.2) is 0 Å². The van der Waals surface area contributed by atoms with Gasteiger partial charge in [0.05, 0.1) is 0 Å². The Balaban J connectivity index is 4.26. The van der Waals surface area contributed by atoms with Gasteiger partial charge in [0.25, 0.3) is 0 Å². The Kier molecular flexibility index (Phi) is 30.6. The summed E-state index contributed by atoms with van der Waals surface area (Å²) in [5, 5.41) is 0. The fourth-order valence-corrected chi connectivity index (χ4v) is 5.21. The smallest absolute Gasteiger partial charge is 0.306 e. The molecule has 0 amide bonds. The van der Waals surface area contributed by atoms with Gasteiger partial charge in [0, 0.05) is 19.3 Å². The van der Waals surface area contributed by atoms with E-state index in [2.05, 4.69) is 27.7 Å². The van der Waals surface area contributed by atoms with Crippen molar-refractivity contribution in [2.75, 3.05) is 13.2 Å². The zero-order valence-electron chi connectivity index (χ0n) is 28.9. The van der Waals surface area contributed by atoms with Gasteiger partial charge in [0.2, 0.25) is 0 Å². The Bertz CT molecular complexity index is 647. The minimum absolute atomic E-state index is 0.0672. The number of unbranched alkanes of at least 4 members (excludes halogenated alkanes) is 19. The molecule has 0 N–H and O–H groups in total. The first-order valence-corrected chi connectivity index (χ1v) is 18.4. The molecular weight excluding hydrogens is 540 g/mol. The number of rotatable bonds is 32. The molecule has 0 aliphatic rings. The molecular formula is C37H70O6. The van der Waals surface area contributed by atoms with Crippen molar-refractivity contribution in [1.82, 2.24) is 0 Å². The van der Waals surface area contributed by atoms with E-state index in [1.54, 1.807) is 0 Å². The van der Waals surface area contributed by atoms with Crippen molar-refractivity contribution in [3.63, 3.8) is 0 Å². The second-order valence-electron chi connectivity index (χ2n) is 13.0. The number of ether oxygens (including phenoxy) is 3. The predicted octanol–water partition coefficient (Wildman–Crippen LogP) is 10.8. The summed E-state index contributed by atoms with van der Waals surface area (Å²) >= 11 is 0. The minimum Gasteiger partial charge on any atom is -0.462 e. The highest BCUT2D eigenvalue weighted by molar-refractivity contribution is 5.71. The third kappa shape index (κ3) is 31.6. The number of carbonyl (C=O) groups excluding carboxylic acids is 3. The van der Waals surface area contributed by atoms with Crippen LogP contribution in [0.15, 0.2) is 0 Å². The van der Waals surface area contributed by atoms with Crippen LogP contribution in [0.25, 0.3) is 0 Å². The van der Waals surface area contributed by atoms with E-state index >= 15 is 0 Å². The molecule has 0 saturated heterocycles. The second-order valence-corrected chi connectivity index (χ2v) is 13.0. The van der Waals surface area contributed by atoms with Crippen molar-refractivity contribution in [2.45, 2.75) is 201 Å². The van der Waals surface area contributed by atoms with Gasteiger partial charge in [-0.05, 0) is 25.2 Å². The van der Waals surface area contributed by atoms with E-state index in [1.165, 1.54) is 83.5 Å². The Hall–Kier alpha value is -1.59. The maximum atomic E-state index is 12.4. The molecule has 0 aromatic rings. The van der Waals surface area contributed by atoms with E-state index in [1.807, 2.05) is 0 Å². The first-order chi connectivity index (χ1) is 20.9. The van der Waals surface area contributed by atoms with Gasteiger partial charge in [-0.1, -0.05) is 156 Å². The molecule has 254 valence electrons. The topological polar surface area (TPSA) is 78.9 Å². The standard InChI is InChI=1S/C37H70O6/c1-5-7-9-11-12-13-17-21-24-28-35(38)41-31-34(43-37(40)30-26-19-10-8-6-2)32-42-36(39)29-25-22-18-15-14-16-20-23-27-33(3)4/h33-34H,5-32H2,1-4H3/t34-/m0/s1. The zero-order valence-corrected chi connectivity index (χ0v) is 28.9. The molecule has 6 heteroatoms. The Labute approximate surface area is 266 Å². The summed E-state index contributed by atoms with van der Waals surface area (Å²) in [6, 6.07) is 0. The van der Waals surface area contributed by atoms with E-state index in [0.29, 0.717) is 19.3 Å². The van der Waals surface area contributed by atoms with Crippen LogP contribution in [0.3, 0.4) is 0 Å². The fraction of sp³-hybridized carbons (Fsp3) is 0.919. The van der Waals surface area contributed by atoms with Crippen molar-refractivity contribution in [3.05, 3.63) is 0 Å². The Morgan fingerprint density at radius 1 is 0.442 bits per heavy atom. The molecule has 0 aromatic carbocycles. The van der Waals surface area contributed by atoms with E-state index in [9.17, 15) is 14.4 Å². The van der Waals surface area contributed by atoms with Crippen LogP contribution in [0.5, 0.6) is 0 Å². The molecule has 0 aromatic heterocycles. The first kappa shape index (κ1) is 41.4. The van der Waals surface area contributed by atoms with Crippen LogP contribution in [0.4, 0.5) is 0 Å². The Morgan fingerprint density at radius 3 is 1.14 bits per heavy atom. The number of esters is 3. The van der Waals surface area contributed by atoms with Crippen LogP contribution in [0.1, 0.15) is 195 Å². The summed E-state index contributed by atoms with van der Waals surface area (Å²) in [7, 11) is 0. The SMILES string of the molecule is CCCCCCCCCCCC(=O)OC[C@@H](COC(=O)CCCCCCCCCCC(C)C)OC(=O)CCCCCCC. The van der Waals surface area contributed by atoms with E-state index in [4.69, 9.17) is 14.2 Å². The molecule has 0 radical (unpaired) electrons. The highest BCUT2D eigenvalue weighted by Crippen LogP contribution is 2.14. The maximum Gasteiger partial charge on any atom is 0.306 e. The monoisotopic (exact) mass is 611 g/mol. The van der Waals surface area contributed by atoms with Crippen LogP contribution in [0.2, 0.25) is 0 Å². The lowest BCUT2D eigenvalue weighted by Gasteiger charge is -2.18. The predicted molar refractivity (Wildman–Crippen MR) is 178 cm³/mol. The summed E-state index contributed by atoms with van der Waals surface area (Å²) in [6.07, 6.45) is 26.9. The average molecular weight is 611 g/mol. The third-order valence-corrected chi connectivity index (χ3v) is 8.04. The lowest BCUT2D eigenvalue weighted by molar-refractivity contribution is -0.167. The van der Waals surface area contributed by atoms with Crippen LogP contribution < -0.4 is 0 Å². The van der Waals surface area contributed by atoms with Crippen LogP contribution in [-0.4, -0.2) is 37.2 Å². The van der Waals surface area contributed by atoms with Crippen molar-refractivity contribution in [3.8, 4) is 0 Å². The minimum atomic E-state index is -0.755. The van der Waals surface area contributed by atoms with Gasteiger partial charge >= 0.3 is 17.9 Å². The van der Waals surface area contributed by atoms with Crippen molar-refractivity contribution in [2.24, 2.45) is 5.92 Å². The molecule has 6 nitrogen and oxygen atoms in total. The van der Waals surface area contributed by atoms with Gasteiger partial charge < -0.3 is 14.2 Å². The lowest BCUT2D eigenvalue weighted by Crippen LogP contribution is -2.30. The number of carbonyl (C=O) groups is 3. The molecule has 0 saturated carbocycles. The van der Waals surface area contributed by atoms with Gasteiger partial charge in [0.15, 0.2) is 6.10 Å². The molecule has 1 atom stereocenters. The molecule has 0 heterocycles. The molecule has 0 aliphatic carbocycles. The molecule has 0 unspecified atom stereocenters.